The monoisotopic (exact) mass is 210 g/mol. The van der Waals surface area contributed by atoms with Crippen molar-refractivity contribution in [2.75, 3.05) is 0 Å². The Bertz CT molecular complexity index is 323. The van der Waals surface area contributed by atoms with Crippen LogP contribution in [0, 0.1) is 6.92 Å². The van der Waals surface area contributed by atoms with Crippen LogP contribution in [0.25, 0.3) is 0 Å². The average Bonchev–Trinajstić information content (AvgIpc) is 2.01. The molecule has 14 heavy (non-hydrogen) atoms. The van der Waals surface area contributed by atoms with Gasteiger partial charge in [-0.25, -0.2) is 0 Å². The van der Waals surface area contributed by atoms with Crippen LogP contribution in [0.15, 0.2) is 29.2 Å². The number of benzene rings is 1. The molecule has 1 unspecified atom stereocenters. The smallest absolute Gasteiger partial charge is 0.304 e. The molecule has 0 fully saturated rings. The lowest BCUT2D eigenvalue weighted by Gasteiger charge is -2.08. The van der Waals surface area contributed by atoms with Crippen LogP contribution in [0.1, 0.15) is 18.9 Å². The third-order valence-corrected chi connectivity index (χ3v) is 2.88. The third kappa shape index (κ3) is 3.83. The molecule has 1 N–H and O–H groups in total. The minimum absolute atomic E-state index is 0.120. The van der Waals surface area contributed by atoms with E-state index in [-0.39, 0.29) is 11.7 Å². The molecular formula is C11H14O2S. The fraction of sp³-hybridized carbons (Fsp3) is 0.364. The van der Waals surface area contributed by atoms with Crippen LogP contribution in [-0.2, 0) is 4.79 Å². The molecule has 2 nitrogen and oxygen atoms in total. The second-order valence-electron chi connectivity index (χ2n) is 3.34. The summed E-state index contributed by atoms with van der Waals surface area (Å²) in [7, 11) is 0. The number of thioether (sulfide) groups is 1. The van der Waals surface area contributed by atoms with E-state index >= 15 is 0 Å². The largest absolute Gasteiger partial charge is 0.481 e. The number of rotatable bonds is 4. The van der Waals surface area contributed by atoms with Gasteiger partial charge in [-0.1, -0.05) is 24.6 Å². The molecule has 76 valence electrons. The average molecular weight is 210 g/mol. The van der Waals surface area contributed by atoms with Crippen LogP contribution in [0.2, 0.25) is 0 Å². The van der Waals surface area contributed by atoms with Gasteiger partial charge >= 0.3 is 5.97 Å². The number of hydrogen-bond acceptors (Lipinski definition) is 2. The molecule has 0 spiro atoms. The van der Waals surface area contributed by atoms with Crippen molar-refractivity contribution in [1.29, 1.82) is 0 Å². The van der Waals surface area contributed by atoms with Crippen LogP contribution in [0.3, 0.4) is 0 Å². The van der Waals surface area contributed by atoms with Crippen molar-refractivity contribution in [1.82, 2.24) is 0 Å². The van der Waals surface area contributed by atoms with E-state index in [2.05, 4.69) is 6.07 Å². The first kappa shape index (κ1) is 11.1. The summed E-state index contributed by atoms with van der Waals surface area (Å²) in [5, 5.41) is 8.72. The Morgan fingerprint density at radius 1 is 1.57 bits per heavy atom. The van der Waals surface area contributed by atoms with Crippen molar-refractivity contribution in [2.45, 2.75) is 30.4 Å². The topological polar surface area (TPSA) is 37.3 Å². The zero-order valence-corrected chi connectivity index (χ0v) is 9.17. The van der Waals surface area contributed by atoms with Gasteiger partial charge < -0.3 is 5.11 Å². The van der Waals surface area contributed by atoms with Crippen molar-refractivity contribution >= 4 is 17.7 Å². The Hall–Kier alpha value is -0.960. The van der Waals surface area contributed by atoms with Gasteiger partial charge in [0.25, 0.3) is 0 Å². The second-order valence-corrected chi connectivity index (χ2v) is 4.85. The van der Waals surface area contributed by atoms with E-state index in [1.165, 1.54) is 5.56 Å². The van der Waals surface area contributed by atoms with Crippen LogP contribution in [0.4, 0.5) is 0 Å². The van der Waals surface area contributed by atoms with E-state index in [1.54, 1.807) is 11.8 Å². The molecule has 0 radical (unpaired) electrons. The number of carboxylic acids is 1. The van der Waals surface area contributed by atoms with Crippen molar-refractivity contribution in [3.8, 4) is 0 Å². The molecule has 1 atom stereocenters. The molecule has 0 heterocycles. The van der Waals surface area contributed by atoms with Crippen molar-refractivity contribution < 1.29 is 9.90 Å². The Labute approximate surface area is 88.3 Å². The van der Waals surface area contributed by atoms with Crippen LogP contribution in [-0.4, -0.2) is 16.3 Å². The lowest BCUT2D eigenvalue weighted by Crippen LogP contribution is -2.05. The van der Waals surface area contributed by atoms with E-state index < -0.39 is 5.97 Å². The Morgan fingerprint density at radius 2 is 2.29 bits per heavy atom. The van der Waals surface area contributed by atoms with E-state index in [0.717, 1.165) is 4.90 Å². The van der Waals surface area contributed by atoms with Crippen molar-refractivity contribution in [3.05, 3.63) is 29.8 Å². The molecule has 1 aromatic rings. The Morgan fingerprint density at radius 3 is 2.86 bits per heavy atom. The lowest BCUT2D eigenvalue weighted by atomic mass is 10.2. The zero-order chi connectivity index (χ0) is 10.6. The first-order valence-electron chi connectivity index (χ1n) is 4.53. The SMILES string of the molecule is Cc1cccc(SC(C)CC(=O)O)c1. The van der Waals surface area contributed by atoms with Gasteiger partial charge in [-0.05, 0) is 19.1 Å². The van der Waals surface area contributed by atoms with Crippen LogP contribution in [0.5, 0.6) is 0 Å². The molecular weight excluding hydrogens is 196 g/mol. The molecule has 0 aliphatic carbocycles. The van der Waals surface area contributed by atoms with E-state index in [9.17, 15) is 4.79 Å². The van der Waals surface area contributed by atoms with Crippen LogP contribution < -0.4 is 0 Å². The standard InChI is InChI=1S/C11H14O2S/c1-8-4-3-5-10(6-8)14-9(2)7-11(12)13/h3-6,9H,7H2,1-2H3,(H,12,13). The third-order valence-electron chi connectivity index (χ3n) is 1.79. The quantitative estimate of drug-likeness (QED) is 0.776. The predicted molar refractivity (Wildman–Crippen MR) is 58.8 cm³/mol. The maximum Gasteiger partial charge on any atom is 0.304 e. The summed E-state index contributed by atoms with van der Waals surface area (Å²) in [5.41, 5.74) is 1.21. The zero-order valence-electron chi connectivity index (χ0n) is 8.36. The van der Waals surface area contributed by atoms with Crippen molar-refractivity contribution in [3.63, 3.8) is 0 Å². The first-order chi connectivity index (χ1) is 6.58. The summed E-state index contributed by atoms with van der Waals surface area (Å²) in [6, 6.07) is 8.11. The van der Waals surface area contributed by atoms with Gasteiger partial charge in [0.05, 0.1) is 6.42 Å². The van der Waals surface area contributed by atoms with E-state index in [1.807, 2.05) is 32.0 Å². The molecule has 0 aromatic heterocycles. The summed E-state index contributed by atoms with van der Waals surface area (Å²) >= 11 is 1.61. The number of aryl methyl sites for hydroxylation is 1. The van der Waals surface area contributed by atoms with Gasteiger partial charge in [0.2, 0.25) is 0 Å². The predicted octanol–water partition coefficient (Wildman–Crippen LogP) is 2.95. The molecule has 0 aliphatic heterocycles. The van der Waals surface area contributed by atoms with Gasteiger partial charge in [-0.3, -0.25) is 4.79 Å². The second kappa shape index (κ2) is 5.05. The molecule has 1 rings (SSSR count). The van der Waals surface area contributed by atoms with Gasteiger partial charge in [0.15, 0.2) is 0 Å². The summed E-state index contributed by atoms with van der Waals surface area (Å²) in [5.74, 6) is -0.738. The number of hydrogen-bond donors (Lipinski definition) is 1. The molecule has 0 amide bonds. The first-order valence-corrected chi connectivity index (χ1v) is 5.41. The highest BCUT2D eigenvalue weighted by atomic mass is 32.2. The molecule has 0 saturated heterocycles. The fourth-order valence-electron chi connectivity index (χ4n) is 1.21. The summed E-state index contributed by atoms with van der Waals surface area (Å²) in [6.07, 6.45) is 0.207. The highest BCUT2D eigenvalue weighted by Gasteiger charge is 2.08. The Kier molecular flexibility index (Phi) is 4.01. The highest BCUT2D eigenvalue weighted by molar-refractivity contribution is 8.00. The summed E-state index contributed by atoms with van der Waals surface area (Å²) < 4.78 is 0. The number of carbonyl (C=O) groups is 1. The number of carboxylic acid groups (broad SMARTS) is 1. The maximum absolute atomic E-state index is 10.5. The normalized spacial score (nSPS) is 12.4. The van der Waals surface area contributed by atoms with Gasteiger partial charge in [-0.15, -0.1) is 11.8 Å². The van der Waals surface area contributed by atoms with Gasteiger partial charge in [-0.2, -0.15) is 0 Å². The molecule has 0 bridgehead atoms. The van der Waals surface area contributed by atoms with E-state index in [4.69, 9.17) is 5.11 Å². The summed E-state index contributed by atoms with van der Waals surface area (Å²) in [6.45, 7) is 3.97. The Balaban J connectivity index is 2.55. The lowest BCUT2D eigenvalue weighted by molar-refractivity contribution is -0.136. The van der Waals surface area contributed by atoms with Crippen LogP contribution >= 0.6 is 11.8 Å². The molecule has 0 aliphatic rings. The summed E-state index contributed by atoms with van der Waals surface area (Å²) in [4.78, 5) is 11.6. The highest BCUT2D eigenvalue weighted by Crippen LogP contribution is 2.25. The maximum atomic E-state index is 10.5. The number of aliphatic carboxylic acids is 1. The fourth-order valence-corrected chi connectivity index (χ4v) is 2.31. The van der Waals surface area contributed by atoms with Gasteiger partial charge in [0.1, 0.15) is 0 Å². The van der Waals surface area contributed by atoms with Crippen molar-refractivity contribution in [2.24, 2.45) is 0 Å². The minimum atomic E-state index is -0.738. The molecule has 0 saturated carbocycles. The molecule has 3 heteroatoms. The van der Waals surface area contributed by atoms with E-state index in [0.29, 0.717) is 0 Å². The van der Waals surface area contributed by atoms with Gasteiger partial charge in [0, 0.05) is 10.1 Å². The minimum Gasteiger partial charge on any atom is -0.481 e. The molecule has 1 aromatic carbocycles.